The molecule has 0 saturated heterocycles. The van der Waals surface area contributed by atoms with Crippen LogP contribution in [0.1, 0.15) is 45.4 Å². The molecular weight excluding hydrogens is 391 g/mol. The summed E-state index contributed by atoms with van der Waals surface area (Å²) in [6.07, 6.45) is 3.85. The van der Waals surface area contributed by atoms with E-state index < -0.39 is 5.82 Å². The number of nitrogens with zero attached hydrogens (tertiary/aromatic N) is 3. The van der Waals surface area contributed by atoms with Crippen molar-refractivity contribution >= 4 is 28.4 Å². The van der Waals surface area contributed by atoms with Gasteiger partial charge in [-0.25, -0.2) is 14.4 Å². The van der Waals surface area contributed by atoms with E-state index in [1.807, 2.05) is 26.8 Å². The number of pyridine rings is 2. The molecule has 1 unspecified atom stereocenters. The lowest BCUT2D eigenvalue weighted by Crippen LogP contribution is -2.25. The number of nitriles is 1. The first-order chi connectivity index (χ1) is 13.6. The highest BCUT2D eigenvalue weighted by Crippen LogP contribution is 2.35. The number of carbonyl (C=O) groups is 1. The van der Waals surface area contributed by atoms with E-state index in [4.69, 9.17) is 11.6 Å². The minimum absolute atomic E-state index is 0.0524. The summed E-state index contributed by atoms with van der Waals surface area (Å²) in [6.45, 7) is 7.61. The Bertz CT molecular complexity index is 1120. The molecular formula is C22H22ClFN4O. The monoisotopic (exact) mass is 412 g/mol. The molecule has 3 heterocycles. The summed E-state index contributed by atoms with van der Waals surface area (Å²) < 4.78 is 14.8. The summed E-state index contributed by atoms with van der Waals surface area (Å²) in [5, 5.41) is 10.7. The number of nitrogens with one attached hydrogen (secondary N) is 1. The molecule has 0 bridgehead atoms. The number of hydrogen-bond donors (Lipinski definition) is 1. The fraction of sp³-hybridized carbons (Fsp3) is 0.364. The normalized spacial score (nSPS) is 12.7. The molecule has 0 aromatic carbocycles. The van der Waals surface area contributed by atoms with Crippen molar-refractivity contribution in [2.24, 2.45) is 11.3 Å². The van der Waals surface area contributed by atoms with Crippen LogP contribution in [0.5, 0.6) is 0 Å². The molecule has 1 atom stereocenters. The van der Waals surface area contributed by atoms with Gasteiger partial charge in [0, 0.05) is 29.8 Å². The first-order valence-electron chi connectivity index (χ1n) is 9.32. The average molecular weight is 413 g/mol. The van der Waals surface area contributed by atoms with Gasteiger partial charge in [-0.15, -0.1) is 0 Å². The minimum Gasteiger partial charge on any atom is -0.345 e. The molecule has 1 N–H and O–H groups in total. The number of carbonyl (C=O) groups excluding carboxylic acids is 1. The molecule has 7 heteroatoms. The molecule has 0 radical (unpaired) electrons. The zero-order chi connectivity index (χ0) is 21.3. The highest BCUT2D eigenvalue weighted by molar-refractivity contribution is 6.31. The van der Waals surface area contributed by atoms with Crippen LogP contribution < -0.4 is 0 Å². The highest BCUT2D eigenvalue weighted by atomic mass is 35.5. The van der Waals surface area contributed by atoms with E-state index in [0.29, 0.717) is 40.2 Å². The van der Waals surface area contributed by atoms with Gasteiger partial charge in [-0.05, 0) is 36.8 Å². The molecule has 29 heavy (non-hydrogen) atoms. The summed E-state index contributed by atoms with van der Waals surface area (Å²) in [5.41, 5.74) is 1.77. The molecule has 150 valence electrons. The molecule has 3 aromatic heterocycles. The Morgan fingerprint density at radius 1 is 1.38 bits per heavy atom. The zero-order valence-electron chi connectivity index (χ0n) is 16.8. The lowest BCUT2D eigenvalue weighted by molar-refractivity contribution is -0.118. The number of aromatic amines is 1. The largest absolute Gasteiger partial charge is 0.345 e. The van der Waals surface area contributed by atoms with E-state index in [-0.39, 0.29) is 28.4 Å². The Hall–Kier alpha value is -2.78. The third kappa shape index (κ3) is 4.46. The first kappa shape index (κ1) is 20.9. The summed E-state index contributed by atoms with van der Waals surface area (Å²) >= 11 is 6.08. The molecule has 3 rings (SSSR count). The van der Waals surface area contributed by atoms with Crippen LogP contribution in [0.3, 0.4) is 0 Å². The smallest absolute Gasteiger partial charge is 0.146 e. The van der Waals surface area contributed by atoms with Crippen LogP contribution in [0.15, 0.2) is 24.5 Å². The van der Waals surface area contributed by atoms with Gasteiger partial charge >= 0.3 is 0 Å². The number of halogens is 2. The Morgan fingerprint density at radius 2 is 2.10 bits per heavy atom. The van der Waals surface area contributed by atoms with Gasteiger partial charge in [0.05, 0.1) is 22.0 Å². The first-order valence-corrected chi connectivity index (χ1v) is 9.70. The summed E-state index contributed by atoms with van der Waals surface area (Å²) in [4.78, 5) is 23.5. The Kier molecular flexibility index (Phi) is 5.72. The quantitative estimate of drug-likeness (QED) is 0.602. The second kappa shape index (κ2) is 7.92. The predicted octanol–water partition coefficient (Wildman–Crippen LogP) is 5.47. The number of hydrogen-bond acceptors (Lipinski definition) is 4. The lowest BCUT2D eigenvalue weighted by Gasteiger charge is -2.30. The van der Waals surface area contributed by atoms with Crippen molar-refractivity contribution in [1.82, 2.24) is 15.0 Å². The van der Waals surface area contributed by atoms with E-state index in [0.717, 1.165) is 0 Å². The number of fused-ring (bicyclic) bond motifs is 1. The van der Waals surface area contributed by atoms with E-state index in [1.54, 1.807) is 12.3 Å². The van der Waals surface area contributed by atoms with Gasteiger partial charge in [-0.1, -0.05) is 32.4 Å². The van der Waals surface area contributed by atoms with Crippen molar-refractivity contribution in [1.29, 1.82) is 5.26 Å². The molecule has 0 saturated carbocycles. The van der Waals surface area contributed by atoms with Crippen LogP contribution in [-0.2, 0) is 11.2 Å². The van der Waals surface area contributed by atoms with Crippen LogP contribution in [0.25, 0.3) is 22.3 Å². The van der Waals surface area contributed by atoms with Gasteiger partial charge in [0.2, 0.25) is 0 Å². The van der Waals surface area contributed by atoms with Crippen LogP contribution in [0.4, 0.5) is 4.39 Å². The molecule has 3 aromatic rings. The van der Waals surface area contributed by atoms with Gasteiger partial charge < -0.3 is 9.78 Å². The van der Waals surface area contributed by atoms with Gasteiger partial charge in [0.15, 0.2) is 0 Å². The zero-order valence-corrected chi connectivity index (χ0v) is 17.6. The average Bonchev–Trinajstić information content (AvgIpc) is 3.04. The third-order valence-electron chi connectivity index (χ3n) is 5.12. The SMILES string of the molecule is CC(=O)CC(Cc1nc(-c2c[nH]c3ncc(Cl)cc23)c(C#N)cc1F)C(C)(C)C. The van der Waals surface area contributed by atoms with E-state index in [9.17, 15) is 14.4 Å². The van der Waals surface area contributed by atoms with Crippen molar-refractivity contribution < 1.29 is 9.18 Å². The van der Waals surface area contributed by atoms with Crippen LogP contribution in [0, 0.1) is 28.5 Å². The number of H-pyrrole nitrogens is 1. The number of Topliss-reactive ketones (excluding diaryl/α,β-unsaturated/α-hetero) is 1. The van der Waals surface area contributed by atoms with E-state index >= 15 is 0 Å². The molecule has 0 aliphatic heterocycles. The standard InChI is InChI=1S/C22H22ClFN4O/c1-12(29)5-14(22(2,3)4)7-19-18(24)6-13(9-25)20(28-19)17-11-27-21-16(17)8-15(23)10-26-21/h6,8,10-11,14H,5,7H2,1-4H3,(H,26,27). The van der Waals surface area contributed by atoms with Crippen molar-refractivity contribution in [2.45, 2.75) is 40.5 Å². The molecule has 0 aliphatic carbocycles. The van der Waals surface area contributed by atoms with Crippen LogP contribution in [0.2, 0.25) is 5.02 Å². The van der Waals surface area contributed by atoms with Crippen molar-refractivity contribution in [3.63, 3.8) is 0 Å². The van der Waals surface area contributed by atoms with Crippen LogP contribution >= 0.6 is 11.6 Å². The maximum Gasteiger partial charge on any atom is 0.146 e. The van der Waals surface area contributed by atoms with E-state index in [1.165, 1.54) is 19.2 Å². The summed E-state index contributed by atoms with van der Waals surface area (Å²) in [5.74, 6) is -0.572. The number of ketones is 1. The molecule has 5 nitrogen and oxygen atoms in total. The maximum atomic E-state index is 14.8. The fourth-order valence-corrected chi connectivity index (χ4v) is 3.56. The third-order valence-corrected chi connectivity index (χ3v) is 5.33. The number of aromatic nitrogens is 3. The van der Waals surface area contributed by atoms with Crippen molar-refractivity contribution in [3.05, 3.63) is 46.6 Å². The Labute approximate surface area is 173 Å². The number of rotatable bonds is 5. The fourth-order valence-electron chi connectivity index (χ4n) is 3.40. The topological polar surface area (TPSA) is 82.4 Å². The van der Waals surface area contributed by atoms with Crippen molar-refractivity contribution in [3.8, 4) is 17.3 Å². The van der Waals surface area contributed by atoms with Gasteiger partial charge in [-0.3, -0.25) is 0 Å². The molecule has 0 aliphatic rings. The summed E-state index contributed by atoms with van der Waals surface area (Å²) in [7, 11) is 0. The lowest BCUT2D eigenvalue weighted by atomic mass is 9.75. The predicted molar refractivity (Wildman–Crippen MR) is 111 cm³/mol. The second-order valence-electron chi connectivity index (χ2n) is 8.35. The van der Waals surface area contributed by atoms with Gasteiger partial charge in [0.1, 0.15) is 23.3 Å². The molecule has 0 spiro atoms. The Balaban J connectivity index is 2.13. The highest BCUT2D eigenvalue weighted by Gasteiger charge is 2.28. The minimum atomic E-state index is -0.542. The summed E-state index contributed by atoms with van der Waals surface area (Å²) in [6, 6.07) is 4.96. The maximum absolute atomic E-state index is 14.8. The van der Waals surface area contributed by atoms with Gasteiger partial charge in [0.25, 0.3) is 0 Å². The van der Waals surface area contributed by atoms with Crippen LogP contribution in [-0.4, -0.2) is 20.7 Å². The van der Waals surface area contributed by atoms with Gasteiger partial charge in [-0.2, -0.15) is 5.26 Å². The Morgan fingerprint density at radius 3 is 2.72 bits per heavy atom. The van der Waals surface area contributed by atoms with E-state index in [2.05, 4.69) is 15.0 Å². The molecule has 0 amide bonds. The van der Waals surface area contributed by atoms with Crippen molar-refractivity contribution in [2.75, 3.05) is 0 Å². The molecule has 0 fully saturated rings. The second-order valence-corrected chi connectivity index (χ2v) is 8.79.